The van der Waals surface area contributed by atoms with Crippen LogP contribution in [-0.2, 0) is 28.5 Å². The maximum absolute atomic E-state index is 14.9. The number of carbonyl (C=O) groups is 4. The van der Waals surface area contributed by atoms with Gasteiger partial charge in [0.25, 0.3) is 0 Å². The first-order valence-corrected chi connectivity index (χ1v) is 27.1. The number of H-pyrrole nitrogens is 2. The lowest BCUT2D eigenvalue weighted by molar-refractivity contribution is -0.142. The first kappa shape index (κ1) is 50.8. The van der Waals surface area contributed by atoms with Crippen molar-refractivity contribution in [2.24, 2.45) is 28.6 Å². The molecule has 2 aromatic carbocycles. The molecular formula is C57H76N8O8. The minimum atomic E-state index is -0.725. The van der Waals surface area contributed by atoms with Crippen LogP contribution in [0, 0.1) is 28.6 Å². The lowest BCUT2D eigenvalue weighted by Crippen LogP contribution is -2.54. The van der Waals surface area contributed by atoms with Crippen LogP contribution in [0.25, 0.3) is 33.6 Å². The number of likely N-dealkylation sites (tertiary alicyclic amines) is 2. The van der Waals surface area contributed by atoms with Crippen molar-refractivity contribution in [1.29, 1.82) is 0 Å². The third-order valence-electron chi connectivity index (χ3n) is 17.7. The van der Waals surface area contributed by atoms with Crippen LogP contribution in [0.1, 0.15) is 141 Å². The van der Waals surface area contributed by atoms with E-state index < -0.39 is 24.1 Å². The number of hydrogen-bond acceptors (Lipinski definition) is 10. The van der Waals surface area contributed by atoms with E-state index in [9.17, 15) is 19.2 Å². The van der Waals surface area contributed by atoms with E-state index in [-0.39, 0.29) is 77.5 Å². The predicted octanol–water partition coefficient (Wildman–Crippen LogP) is 9.91. The zero-order valence-corrected chi connectivity index (χ0v) is 43.6. The maximum Gasteiger partial charge on any atom is 0.407 e. The number of methoxy groups -OCH3 is 2. The van der Waals surface area contributed by atoms with Gasteiger partial charge in [0.15, 0.2) is 0 Å². The largest absolute Gasteiger partial charge is 0.453 e. The number of nitrogens with zero attached hydrogens (tertiary/aromatic N) is 4. The summed E-state index contributed by atoms with van der Waals surface area (Å²) in [6, 6.07) is 15.8. The molecule has 4 aromatic rings. The third kappa shape index (κ3) is 10.8. The van der Waals surface area contributed by atoms with E-state index in [2.05, 4.69) is 87.9 Å². The van der Waals surface area contributed by atoms with E-state index in [0.717, 1.165) is 109 Å². The quantitative estimate of drug-likeness (QED) is 0.106. The average molecular weight is 1000 g/mol. The van der Waals surface area contributed by atoms with Crippen molar-refractivity contribution in [2.75, 3.05) is 33.9 Å². The van der Waals surface area contributed by atoms with Crippen LogP contribution in [0.2, 0.25) is 0 Å². The molecule has 0 unspecified atom stereocenters. The van der Waals surface area contributed by atoms with E-state index in [0.29, 0.717) is 25.9 Å². The highest BCUT2D eigenvalue weighted by atomic mass is 16.5. The van der Waals surface area contributed by atoms with Crippen LogP contribution in [0.15, 0.2) is 60.9 Å². The molecule has 2 aliphatic carbocycles. The number of aromatic nitrogens is 4. The van der Waals surface area contributed by atoms with Gasteiger partial charge in [0.05, 0.1) is 80.4 Å². The van der Waals surface area contributed by atoms with Gasteiger partial charge in [0, 0.05) is 19.6 Å². The average Bonchev–Trinajstić information content (AvgIpc) is 4.27. The summed E-state index contributed by atoms with van der Waals surface area (Å²) >= 11 is 0. The normalized spacial score (nSPS) is 28.3. The summed E-state index contributed by atoms with van der Waals surface area (Å²) in [5, 5.41) is 5.81. The Kier molecular flexibility index (Phi) is 14.8. The number of carbonyl (C=O) groups excluding carboxylic acids is 4. The smallest absolute Gasteiger partial charge is 0.407 e. The number of rotatable bonds is 12. The van der Waals surface area contributed by atoms with Crippen molar-refractivity contribution < 1.29 is 38.1 Å². The molecule has 4 saturated heterocycles. The molecule has 0 radical (unpaired) electrons. The Morgan fingerprint density at radius 1 is 0.616 bits per heavy atom. The maximum atomic E-state index is 14.9. The van der Waals surface area contributed by atoms with Crippen LogP contribution < -0.4 is 10.6 Å². The molecule has 2 saturated carbocycles. The summed E-state index contributed by atoms with van der Waals surface area (Å²) in [6.45, 7) is 9.74. The standard InChI is InChI=1S/C57H76N8O8/c1-34-23-42(24-35(2)72-34)44(29-60-54(68)70-5)52(66)64-32-56(19-7-8-20-56)27-47(64)50-58-30-45(61-50)40-15-11-38(12-16-40)39-13-17-41(18-14-39)46-31-59-51(62-46)48-28-57(21-9-10-22-57)33-65(48)53(67)49(63-55(69)71-6)43-25-36(3)73-37(4)26-43/h11-18,30-31,34-37,42-44,47-49H,7-10,19-29,32-33H2,1-6H3,(H,58,61)(H,59,62)(H,60,68)(H,63,69)/t34-,35-,36-,37-,44+,47+,48+,49+/m1/s1. The number of hydrogen-bond donors (Lipinski definition) is 4. The zero-order valence-electron chi connectivity index (χ0n) is 43.6. The fourth-order valence-corrected chi connectivity index (χ4v) is 14.2. The molecule has 73 heavy (non-hydrogen) atoms. The molecule has 6 fully saturated rings. The molecule has 2 spiro atoms. The lowest BCUT2D eigenvalue weighted by atomic mass is 9.80. The molecular weight excluding hydrogens is 925 g/mol. The highest BCUT2D eigenvalue weighted by molar-refractivity contribution is 5.87. The topological polar surface area (TPSA) is 193 Å². The minimum absolute atomic E-state index is 0.0199. The molecule has 6 aliphatic rings. The van der Waals surface area contributed by atoms with Crippen LogP contribution in [0.5, 0.6) is 0 Å². The SMILES string of the molecule is COC(=O)NC[C@H](C(=O)N1CC2(CCCC2)C[C@H]1c1ncc(-c2ccc(-c3ccc(-c4cnc([C@@H]5CC6(CCCC6)CN5C(=O)[C@@H](NC(=O)OC)C5C[C@@H](C)O[C@H](C)C5)[nH]4)cc3)cc2)[nH]1)C1C[C@@H](C)O[C@H](C)C1. The number of aromatic amines is 2. The van der Waals surface area contributed by atoms with Gasteiger partial charge in [-0.05, 0) is 137 Å². The number of benzene rings is 2. The van der Waals surface area contributed by atoms with E-state index in [1.54, 1.807) is 0 Å². The van der Waals surface area contributed by atoms with E-state index in [4.69, 9.17) is 28.9 Å². The van der Waals surface area contributed by atoms with Crippen molar-refractivity contribution in [3.63, 3.8) is 0 Å². The van der Waals surface area contributed by atoms with Gasteiger partial charge in [-0.15, -0.1) is 0 Å². The number of ether oxygens (including phenoxy) is 4. The predicted molar refractivity (Wildman–Crippen MR) is 276 cm³/mol. The summed E-state index contributed by atoms with van der Waals surface area (Å²) in [5.41, 5.74) is 6.02. The number of imidazole rings is 2. The first-order valence-electron chi connectivity index (χ1n) is 27.1. The molecule has 392 valence electrons. The Bertz CT molecular complexity index is 2560. The molecule has 10 rings (SSSR count). The Morgan fingerprint density at radius 2 is 1.03 bits per heavy atom. The summed E-state index contributed by atoms with van der Waals surface area (Å²) in [6.07, 6.45) is 16.2. The number of alkyl carbamates (subject to hydrolysis) is 2. The zero-order chi connectivity index (χ0) is 51.0. The van der Waals surface area contributed by atoms with E-state index in [1.807, 2.05) is 31.1 Å². The third-order valence-corrected chi connectivity index (χ3v) is 17.7. The van der Waals surface area contributed by atoms with Gasteiger partial charge in [-0.2, -0.15) is 0 Å². The van der Waals surface area contributed by atoms with Crippen molar-refractivity contribution in [3.8, 4) is 33.6 Å². The second-order valence-electron chi connectivity index (χ2n) is 22.9. The number of amides is 4. The number of nitrogens with one attached hydrogen (secondary N) is 4. The minimum Gasteiger partial charge on any atom is -0.453 e. The molecule has 4 amide bonds. The van der Waals surface area contributed by atoms with Gasteiger partial charge in [0.1, 0.15) is 17.7 Å². The first-order chi connectivity index (χ1) is 35.2. The fraction of sp³-hybridized carbons (Fsp3) is 0.614. The Morgan fingerprint density at radius 3 is 1.47 bits per heavy atom. The molecule has 16 nitrogen and oxygen atoms in total. The molecule has 4 N–H and O–H groups in total. The lowest BCUT2D eigenvalue weighted by Gasteiger charge is -2.38. The Balaban J connectivity index is 0.838. The fourth-order valence-electron chi connectivity index (χ4n) is 14.2. The molecule has 0 bridgehead atoms. The molecule has 2 aromatic heterocycles. The molecule has 16 heteroatoms. The highest BCUT2D eigenvalue weighted by Crippen LogP contribution is 2.54. The summed E-state index contributed by atoms with van der Waals surface area (Å²) in [5.74, 6) is 1.13. The monoisotopic (exact) mass is 1000 g/mol. The van der Waals surface area contributed by atoms with Gasteiger partial charge in [-0.3, -0.25) is 9.59 Å². The summed E-state index contributed by atoms with van der Waals surface area (Å²) in [7, 11) is 2.69. The van der Waals surface area contributed by atoms with E-state index >= 15 is 0 Å². The highest BCUT2D eigenvalue weighted by Gasteiger charge is 2.52. The van der Waals surface area contributed by atoms with Crippen LogP contribution in [0.4, 0.5) is 9.59 Å². The second kappa shape index (κ2) is 21.2. The Hall–Kier alpha value is -5.74. The van der Waals surface area contributed by atoms with Gasteiger partial charge in [-0.1, -0.05) is 74.2 Å². The summed E-state index contributed by atoms with van der Waals surface area (Å²) in [4.78, 5) is 75.9. The van der Waals surface area contributed by atoms with Gasteiger partial charge >= 0.3 is 12.2 Å². The van der Waals surface area contributed by atoms with Gasteiger partial charge < -0.3 is 49.3 Å². The van der Waals surface area contributed by atoms with Gasteiger partial charge in [-0.25, -0.2) is 19.6 Å². The molecule has 4 aliphatic heterocycles. The molecule has 8 atom stereocenters. The van der Waals surface area contributed by atoms with Crippen molar-refractivity contribution >= 4 is 24.0 Å². The van der Waals surface area contributed by atoms with Gasteiger partial charge in [0.2, 0.25) is 11.8 Å². The summed E-state index contributed by atoms with van der Waals surface area (Å²) < 4.78 is 22.1. The van der Waals surface area contributed by atoms with Crippen LogP contribution in [-0.4, -0.2) is 118 Å². The van der Waals surface area contributed by atoms with Crippen molar-refractivity contribution in [3.05, 3.63) is 72.6 Å². The second-order valence-corrected chi connectivity index (χ2v) is 22.9. The molecule has 6 heterocycles. The van der Waals surface area contributed by atoms with Crippen LogP contribution >= 0.6 is 0 Å². The van der Waals surface area contributed by atoms with Crippen molar-refractivity contribution in [2.45, 2.75) is 160 Å². The van der Waals surface area contributed by atoms with Crippen molar-refractivity contribution in [1.82, 2.24) is 40.4 Å². The Labute approximate surface area is 429 Å². The van der Waals surface area contributed by atoms with Crippen LogP contribution in [0.3, 0.4) is 0 Å². The van der Waals surface area contributed by atoms with E-state index in [1.165, 1.54) is 27.1 Å².